The van der Waals surface area contributed by atoms with Crippen LogP contribution in [0, 0.1) is 11.8 Å². The van der Waals surface area contributed by atoms with Crippen LogP contribution in [-0.2, 0) is 13.1 Å². The lowest BCUT2D eigenvalue weighted by molar-refractivity contribution is 0.182. The number of para-hydroxylation sites is 1. The smallest absolute Gasteiger partial charge is 0.225 e. The molecular weight excluding hydrogens is 504 g/mol. The highest BCUT2D eigenvalue weighted by Gasteiger charge is 2.22. The predicted octanol–water partition coefficient (Wildman–Crippen LogP) is 6.59. The maximum Gasteiger partial charge on any atom is 0.225 e. The van der Waals surface area contributed by atoms with Crippen LogP contribution in [0.4, 0.5) is 11.8 Å². The van der Waals surface area contributed by atoms with Gasteiger partial charge in [-0.05, 0) is 74.2 Å². The van der Waals surface area contributed by atoms with Crippen LogP contribution in [0.25, 0.3) is 10.9 Å². The third-order valence-corrected chi connectivity index (χ3v) is 8.47. The molecule has 1 aliphatic carbocycles. The molecule has 1 saturated carbocycles. The summed E-state index contributed by atoms with van der Waals surface area (Å²) >= 11 is 0. The Hall–Kier alpha value is -3.48. The van der Waals surface area contributed by atoms with Gasteiger partial charge in [-0.3, -0.25) is 4.90 Å². The van der Waals surface area contributed by atoms with Gasteiger partial charge in [-0.2, -0.15) is 4.98 Å². The van der Waals surface area contributed by atoms with E-state index in [1.54, 1.807) is 0 Å². The first-order chi connectivity index (χ1) is 20.0. The summed E-state index contributed by atoms with van der Waals surface area (Å²) in [4.78, 5) is 14.3. The highest BCUT2D eigenvalue weighted by molar-refractivity contribution is 5.90. The van der Waals surface area contributed by atoms with E-state index in [4.69, 9.17) is 9.97 Å². The zero-order valence-electron chi connectivity index (χ0n) is 25.0. The second-order valence-electron chi connectivity index (χ2n) is 11.9. The lowest BCUT2D eigenvalue weighted by Crippen LogP contribution is -2.41. The summed E-state index contributed by atoms with van der Waals surface area (Å²) < 4.78 is 0. The van der Waals surface area contributed by atoms with E-state index >= 15 is 0 Å². The van der Waals surface area contributed by atoms with Gasteiger partial charge in [-0.15, -0.1) is 0 Å². The molecule has 1 aromatic heterocycles. The fraction of sp³-hybridized carbons (Fsp3) is 0.429. The molecule has 0 bridgehead atoms. The Morgan fingerprint density at radius 1 is 0.732 bits per heavy atom. The van der Waals surface area contributed by atoms with E-state index in [-0.39, 0.29) is 0 Å². The molecule has 0 spiro atoms. The molecule has 4 aromatic rings. The molecule has 0 amide bonds. The molecule has 1 atom stereocenters. The minimum Gasteiger partial charge on any atom is -0.362 e. The molecule has 0 radical (unpaired) electrons. The third-order valence-electron chi connectivity index (χ3n) is 8.47. The van der Waals surface area contributed by atoms with E-state index in [0.717, 1.165) is 61.3 Å². The molecule has 5 rings (SSSR count). The Kier molecular flexibility index (Phi) is 10.2. The Labute approximate surface area is 246 Å². The number of nitrogens with one attached hydrogen (secondary N) is 2. The van der Waals surface area contributed by atoms with Crippen molar-refractivity contribution < 1.29 is 0 Å². The molecule has 2 N–H and O–H groups in total. The van der Waals surface area contributed by atoms with Gasteiger partial charge in [-0.25, -0.2) is 4.98 Å². The SMILES string of the molecule is C[C@@H](CNCC1CCC(CNc2nc(N(C)C)c3ccccc3n2)CC1)N(Cc1ccccc1)Cc1ccccc1. The summed E-state index contributed by atoms with van der Waals surface area (Å²) in [5.41, 5.74) is 3.73. The van der Waals surface area contributed by atoms with Crippen molar-refractivity contribution in [3.05, 3.63) is 96.1 Å². The highest BCUT2D eigenvalue weighted by Crippen LogP contribution is 2.29. The van der Waals surface area contributed by atoms with E-state index in [1.807, 2.05) is 26.2 Å². The van der Waals surface area contributed by atoms with Crippen LogP contribution in [0.1, 0.15) is 43.7 Å². The molecule has 1 fully saturated rings. The van der Waals surface area contributed by atoms with Gasteiger partial charge in [0.1, 0.15) is 5.82 Å². The van der Waals surface area contributed by atoms with E-state index in [2.05, 4.69) is 100 Å². The third kappa shape index (κ3) is 8.27. The maximum absolute atomic E-state index is 4.81. The second kappa shape index (κ2) is 14.4. The van der Waals surface area contributed by atoms with Crippen molar-refractivity contribution in [2.24, 2.45) is 11.8 Å². The largest absolute Gasteiger partial charge is 0.362 e. The standard InChI is InChI=1S/C35H46N6/c1-27(41(25-30-12-6-4-7-13-30)26-31-14-8-5-9-15-31)22-36-23-28-18-20-29(21-19-28)24-37-35-38-33-17-11-10-16-32(33)34(39-35)40(2)3/h4-17,27-29,36H,18-26H2,1-3H3,(H,37,38,39)/t27-,28?,29?/m0/s1. The zero-order valence-corrected chi connectivity index (χ0v) is 25.0. The van der Waals surface area contributed by atoms with Gasteiger partial charge in [0.25, 0.3) is 0 Å². The molecule has 3 aromatic carbocycles. The van der Waals surface area contributed by atoms with E-state index in [0.29, 0.717) is 12.0 Å². The van der Waals surface area contributed by atoms with Gasteiger partial charge < -0.3 is 15.5 Å². The first-order valence-corrected chi connectivity index (χ1v) is 15.3. The lowest BCUT2D eigenvalue weighted by atomic mass is 9.82. The number of rotatable bonds is 13. The van der Waals surface area contributed by atoms with Gasteiger partial charge in [0.15, 0.2) is 0 Å². The average Bonchev–Trinajstić information content (AvgIpc) is 3.01. The van der Waals surface area contributed by atoms with Crippen LogP contribution in [0.2, 0.25) is 0 Å². The summed E-state index contributed by atoms with van der Waals surface area (Å²) in [7, 11) is 4.08. The van der Waals surface area contributed by atoms with Crippen LogP contribution < -0.4 is 15.5 Å². The monoisotopic (exact) mass is 550 g/mol. The highest BCUT2D eigenvalue weighted by atomic mass is 15.2. The predicted molar refractivity (Wildman–Crippen MR) is 172 cm³/mol. The number of benzene rings is 3. The number of nitrogens with zero attached hydrogens (tertiary/aromatic N) is 4. The van der Waals surface area contributed by atoms with Gasteiger partial charge in [0, 0.05) is 51.7 Å². The van der Waals surface area contributed by atoms with E-state index < -0.39 is 0 Å². The van der Waals surface area contributed by atoms with Crippen molar-refractivity contribution in [2.75, 3.05) is 43.9 Å². The topological polar surface area (TPSA) is 56.3 Å². The van der Waals surface area contributed by atoms with E-state index in [9.17, 15) is 0 Å². The summed E-state index contributed by atoms with van der Waals surface area (Å²) in [6, 6.07) is 30.4. The molecule has 6 heteroatoms. The summed E-state index contributed by atoms with van der Waals surface area (Å²) in [6.45, 7) is 7.35. The van der Waals surface area contributed by atoms with Crippen molar-refractivity contribution in [1.29, 1.82) is 0 Å². The first-order valence-electron chi connectivity index (χ1n) is 15.3. The van der Waals surface area contributed by atoms with Crippen molar-refractivity contribution in [2.45, 2.75) is 51.7 Å². The molecule has 0 saturated heterocycles. The molecule has 6 nitrogen and oxygen atoms in total. The molecule has 41 heavy (non-hydrogen) atoms. The average molecular weight is 551 g/mol. The van der Waals surface area contributed by atoms with Gasteiger partial charge in [0.2, 0.25) is 5.95 Å². The van der Waals surface area contributed by atoms with Gasteiger partial charge in [-0.1, -0.05) is 72.8 Å². The molecule has 0 unspecified atom stereocenters. The van der Waals surface area contributed by atoms with Gasteiger partial charge in [0.05, 0.1) is 5.52 Å². The second-order valence-corrected chi connectivity index (χ2v) is 11.9. The minimum atomic E-state index is 0.449. The van der Waals surface area contributed by atoms with Crippen molar-refractivity contribution in [3.63, 3.8) is 0 Å². The molecular formula is C35H46N6. The Morgan fingerprint density at radius 2 is 1.29 bits per heavy atom. The van der Waals surface area contributed by atoms with Crippen LogP contribution in [-0.4, -0.2) is 54.6 Å². The Bertz CT molecular complexity index is 1290. The zero-order chi connectivity index (χ0) is 28.4. The molecule has 216 valence electrons. The summed E-state index contributed by atoms with van der Waals surface area (Å²) in [6.07, 6.45) is 5.09. The number of fused-ring (bicyclic) bond motifs is 1. The lowest BCUT2D eigenvalue weighted by Gasteiger charge is -2.32. The molecule has 0 aliphatic heterocycles. The van der Waals surface area contributed by atoms with Crippen LogP contribution in [0.15, 0.2) is 84.9 Å². The van der Waals surface area contributed by atoms with Crippen molar-refractivity contribution in [1.82, 2.24) is 20.2 Å². The van der Waals surface area contributed by atoms with Crippen LogP contribution in [0.5, 0.6) is 0 Å². The number of hydrogen-bond acceptors (Lipinski definition) is 6. The summed E-state index contributed by atoms with van der Waals surface area (Å²) in [5.74, 6) is 3.14. The van der Waals surface area contributed by atoms with Crippen molar-refractivity contribution in [3.8, 4) is 0 Å². The van der Waals surface area contributed by atoms with Crippen molar-refractivity contribution >= 4 is 22.7 Å². The first kappa shape index (κ1) is 29.0. The quantitative estimate of drug-likeness (QED) is 0.196. The number of hydrogen-bond donors (Lipinski definition) is 2. The Morgan fingerprint density at radius 3 is 1.90 bits per heavy atom. The Balaban J connectivity index is 1.07. The summed E-state index contributed by atoms with van der Waals surface area (Å²) in [5, 5.41) is 8.48. The van der Waals surface area contributed by atoms with Crippen LogP contribution >= 0.6 is 0 Å². The molecule has 1 aliphatic rings. The number of aromatic nitrogens is 2. The van der Waals surface area contributed by atoms with E-state index in [1.165, 1.54) is 36.8 Å². The van der Waals surface area contributed by atoms with Crippen LogP contribution in [0.3, 0.4) is 0 Å². The fourth-order valence-corrected chi connectivity index (χ4v) is 5.98. The number of anilines is 2. The van der Waals surface area contributed by atoms with Gasteiger partial charge >= 0.3 is 0 Å². The normalized spacial score (nSPS) is 18.0. The minimum absolute atomic E-state index is 0.449. The molecule has 1 heterocycles. The maximum atomic E-state index is 4.81. The fourth-order valence-electron chi connectivity index (χ4n) is 5.98.